The van der Waals surface area contributed by atoms with E-state index in [0.29, 0.717) is 0 Å². The van der Waals surface area contributed by atoms with Gasteiger partial charge in [-0.2, -0.15) is 13.2 Å². The van der Waals surface area contributed by atoms with Crippen LogP contribution in [0, 0.1) is 0 Å². The van der Waals surface area contributed by atoms with E-state index in [1.165, 1.54) is 6.20 Å². The van der Waals surface area contributed by atoms with Crippen molar-refractivity contribution in [2.24, 2.45) is 0 Å². The predicted octanol–water partition coefficient (Wildman–Crippen LogP) is 2.02. The average molecular weight is 232 g/mol. The smallest absolute Gasteiger partial charge is 0.422 e. The first kappa shape index (κ1) is 14.1. The van der Waals surface area contributed by atoms with E-state index < -0.39 is 17.6 Å². The minimum Gasteiger partial charge on any atom is -0.481 e. The predicted molar refractivity (Wildman–Crippen MR) is 48.8 cm³/mol. The Morgan fingerprint density at radius 2 is 2.00 bits per heavy atom. The first-order valence-corrected chi connectivity index (χ1v) is 3.70. The van der Waals surface area contributed by atoms with Crippen molar-refractivity contribution in [1.82, 2.24) is 4.98 Å². The number of halogens is 3. The van der Waals surface area contributed by atoms with Crippen molar-refractivity contribution < 1.29 is 17.9 Å². The third-order valence-corrected chi connectivity index (χ3v) is 1.74. The van der Waals surface area contributed by atoms with Gasteiger partial charge < -0.3 is 4.74 Å². The van der Waals surface area contributed by atoms with Gasteiger partial charge in [0.05, 0.1) is 7.11 Å². The molecule has 0 saturated carbocycles. The second-order valence-electron chi connectivity index (χ2n) is 2.21. The fourth-order valence-corrected chi connectivity index (χ4v) is 1.14. The van der Waals surface area contributed by atoms with E-state index in [4.69, 9.17) is 0 Å². The second kappa shape index (κ2) is 5.25. The van der Waals surface area contributed by atoms with Crippen LogP contribution in [0.3, 0.4) is 0 Å². The summed E-state index contributed by atoms with van der Waals surface area (Å²) in [6.45, 7) is 0. The number of rotatable bonds is 1. The van der Waals surface area contributed by atoms with Crippen molar-refractivity contribution in [2.75, 3.05) is 7.11 Å². The Bertz CT molecular complexity index is 318. The van der Waals surface area contributed by atoms with E-state index in [2.05, 4.69) is 22.3 Å². The molecule has 0 N–H and O–H groups in total. The van der Waals surface area contributed by atoms with Crippen LogP contribution >= 0.6 is 12.6 Å². The van der Waals surface area contributed by atoms with E-state index >= 15 is 0 Å². The van der Waals surface area contributed by atoms with Crippen LogP contribution in [0.2, 0.25) is 0 Å². The van der Waals surface area contributed by atoms with Gasteiger partial charge in [-0.1, -0.05) is 0 Å². The van der Waals surface area contributed by atoms with Crippen LogP contribution < -0.4 is 4.74 Å². The van der Waals surface area contributed by atoms with Gasteiger partial charge in [-0.25, -0.2) is 4.98 Å². The van der Waals surface area contributed by atoms with Gasteiger partial charge in [0.1, 0.15) is 5.56 Å². The van der Waals surface area contributed by atoms with Crippen LogP contribution in [0.25, 0.3) is 0 Å². The molecule has 0 atom stereocenters. The summed E-state index contributed by atoms with van der Waals surface area (Å²) in [5, 5.41) is 0. The SMILES string of the molecule is COc1nccc(S)c1C(F)(F)F.[Na]. The summed E-state index contributed by atoms with van der Waals surface area (Å²) >= 11 is 3.68. The Morgan fingerprint density at radius 1 is 1.43 bits per heavy atom. The molecule has 1 aromatic heterocycles. The zero-order valence-electron chi connectivity index (χ0n) is 7.59. The van der Waals surface area contributed by atoms with Gasteiger partial charge in [0.15, 0.2) is 0 Å². The Morgan fingerprint density at radius 3 is 2.36 bits per heavy atom. The Kier molecular flexibility index (Phi) is 5.28. The number of alkyl halides is 3. The molecule has 0 fully saturated rings. The molecule has 0 aromatic carbocycles. The molecule has 0 aliphatic rings. The average Bonchev–Trinajstić information content (AvgIpc) is 2.01. The molecule has 0 spiro atoms. The normalized spacial score (nSPS) is 10.6. The molecule has 14 heavy (non-hydrogen) atoms. The van der Waals surface area contributed by atoms with Crippen molar-refractivity contribution in [3.63, 3.8) is 0 Å². The maximum absolute atomic E-state index is 12.3. The maximum atomic E-state index is 12.3. The molecule has 2 nitrogen and oxygen atoms in total. The molecule has 7 heteroatoms. The maximum Gasteiger partial charge on any atom is 0.422 e. The largest absolute Gasteiger partial charge is 0.481 e. The topological polar surface area (TPSA) is 22.1 Å². The van der Waals surface area contributed by atoms with Crippen LogP contribution in [0.1, 0.15) is 5.56 Å². The zero-order valence-corrected chi connectivity index (χ0v) is 10.5. The number of pyridine rings is 1. The molecule has 0 aliphatic carbocycles. The quantitative estimate of drug-likeness (QED) is 0.591. The van der Waals surface area contributed by atoms with Crippen LogP contribution in [0.15, 0.2) is 17.2 Å². The van der Waals surface area contributed by atoms with Gasteiger partial charge in [0, 0.05) is 40.6 Å². The summed E-state index contributed by atoms with van der Waals surface area (Å²) in [4.78, 5) is 3.24. The number of hydrogen-bond donors (Lipinski definition) is 1. The molecule has 1 heterocycles. The molecule has 1 radical (unpaired) electrons. The monoisotopic (exact) mass is 232 g/mol. The number of thiol groups is 1. The summed E-state index contributed by atoms with van der Waals surface area (Å²) < 4.78 is 41.5. The van der Waals surface area contributed by atoms with Crippen LogP contribution in [-0.2, 0) is 6.18 Å². The molecular weight excluding hydrogens is 226 g/mol. The molecule has 0 amide bonds. The number of ether oxygens (including phenoxy) is 1. The van der Waals surface area contributed by atoms with Crippen molar-refractivity contribution >= 4 is 42.2 Å². The Balaban J connectivity index is 0.00000169. The van der Waals surface area contributed by atoms with Crippen LogP contribution in [0.5, 0.6) is 5.88 Å². The minimum atomic E-state index is -4.49. The first-order chi connectivity index (χ1) is 5.96. The van der Waals surface area contributed by atoms with E-state index in [0.717, 1.165) is 13.2 Å². The molecular formula is C7H6F3NNaOS. The van der Waals surface area contributed by atoms with Crippen LogP contribution in [-0.4, -0.2) is 41.7 Å². The summed E-state index contributed by atoms with van der Waals surface area (Å²) in [5.41, 5.74) is -0.944. The van der Waals surface area contributed by atoms with Gasteiger partial charge in [-0.3, -0.25) is 0 Å². The number of methoxy groups -OCH3 is 1. The molecule has 0 aliphatic heterocycles. The number of hydrogen-bond acceptors (Lipinski definition) is 3. The van der Waals surface area contributed by atoms with E-state index in [1.54, 1.807) is 0 Å². The molecule has 1 aromatic rings. The van der Waals surface area contributed by atoms with E-state index in [1.807, 2.05) is 0 Å². The van der Waals surface area contributed by atoms with E-state index in [9.17, 15) is 13.2 Å². The van der Waals surface area contributed by atoms with Gasteiger partial charge in [-0.15, -0.1) is 12.6 Å². The molecule has 0 unspecified atom stereocenters. The Hall–Kier alpha value is 0.0900. The molecule has 0 bridgehead atoms. The van der Waals surface area contributed by atoms with E-state index in [-0.39, 0.29) is 34.5 Å². The molecule has 1 rings (SSSR count). The zero-order chi connectivity index (χ0) is 10.1. The fourth-order valence-electron chi connectivity index (χ4n) is 0.854. The van der Waals surface area contributed by atoms with Crippen molar-refractivity contribution in [3.05, 3.63) is 17.8 Å². The first-order valence-electron chi connectivity index (χ1n) is 3.26. The van der Waals surface area contributed by atoms with Crippen molar-refractivity contribution in [2.45, 2.75) is 11.1 Å². The van der Waals surface area contributed by atoms with Gasteiger partial charge in [0.25, 0.3) is 0 Å². The summed E-state index contributed by atoms with van der Waals surface area (Å²) in [6.07, 6.45) is -3.28. The Labute approximate surface area is 107 Å². The van der Waals surface area contributed by atoms with Crippen molar-refractivity contribution in [1.29, 1.82) is 0 Å². The van der Waals surface area contributed by atoms with Crippen LogP contribution in [0.4, 0.5) is 13.2 Å². The summed E-state index contributed by atoms with van der Waals surface area (Å²) in [5.74, 6) is -0.458. The van der Waals surface area contributed by atoms with Crippen molar-refractivity contribution in [3.8, 4) is 5.88 Å². The van der Waals surface area contributed by atoms with Gasteiger partial charge in [-0.05, 0) is 6.07 Å². The number of nitrogens with zero attached hydrogens (tertiary/aromatic N) is 1. The third kappa shape index (κ3) is 3.05. The summed E-state index contributed by atoms with van der Waals surface area (Å²) in [6, 6.07) is 1.16. The van der Waals surface area contributed by atoms with Gasteiger partial charge >= 0.3 is 6.18 Å². The second-order valence-corrected chi connectivity index (χ2v) is 2.69. The third-order valence-electron chi connectivity index (χ3n) is 1.37. The standard InChI is InChI=1S/C7H6F3NOS.Na/c1-12-6-5(7(8,9)10)4(13)2-3-11-6;/h2-3H,1H3,(H,11,13);. The summed E-state index contributed by atoms with van der Waals surface area (Å²) in [7, 11) is 1.13. The number of aromatic nitrogens is 1. The molecule has 73 valence electrons. The van der Waals surface area contributed by atoms with Gasteiger partial charge in [0.2, 0.25) is 5.88 Å². The fraction of sp³-hybridized carbons (Fsp3) is 0.286. The molecule has 0 saturated heterocycles. The minimum absolute atomic E-state index is 0.